The van der Waals surface area contributed by atoms with Crippen LogP contribution in [-0.2, 0) is 6.42 Å². The SMILES string of the molecule is C=CCNc1nc(C)cc(NCCc2ccc(F)cc2)n1. The molecule has 0 saturated heterocycles. The van der Waals surface area contributed by atoms with Crippen molar-refractivity contribution in [3.05, 3.63) is 60.1 Å². The van der Waals surface area contributed by atoms with E-state index in [1.807, 2.05) is 13.0 Å². The van der Waals surface area contributed by atoms with Crippen LogP contribution < -0.4 is 10.6 Å². The van der Waals surface area contributed by atoms with Gasteiger partial charge in [-0.3, -0.25) is 0 Å². The zero-order valence-corrected chi connectivity index (χ0v) is 12.1. The van der Waals surface area contributed by atoms with Gasteiger partial charge in [0, 0.05) is 24.8 Å². The molecule has 0 radical (unpaired) electrons. The van der Waals surface area contributed by atoms with Crippen LogP contribution in [0.3, 0.4) is 0 Å². The van der Waals surface area contributed by atoms with E-state index in [-0.39, 0.29) is 5.82 Å². The number of nitrogens with one attached hydrogen (secondary N) is 2. The summed E-state index contributed by atoms with van der Waals surface area (Å²) in [5.41, 5.74) is 1.97. The van der Waals surface area contributed by atoms with Gasteiger partial charge in [-0.25, -0.2) is 9.37 Å². The molecule has 110 valence electrons. The lowest BCUT2D eigenvalue weighted by molar-refractivity contribution is 0.627. The molecule has 0 saturated carbocycles. The molecule has 1 heterocycles. The first-order valence-electron chi connectivity index (χ1n) is 6.86. The predicted octanol–water partition coefficient (Wildman–Crippen LogP) is 3.18. The van der Waals surface area contributed by atoms with E-state index < -0.39 is 0 Å². The maximum absolute atomic E-state index is 12.8. The van der Waals surface area contributed by atoms with Crippen LogP contribution in [0.4, 0.5) is 16.2 Å². The van der Waals surface area contributed by atoms with Gasteiger partial charge in [-0.1, -0.05) is 18.2 Å². The van der Waals surface area contributed by atoms with Gasteiger partial charge < -0.3 is 10.6 Å². The molecular weight excluding hydrogens is 267 g/mol. The van der Waals surface area contributed by atoms with E-state index in [1.165, 1.54) is 12.1 Å². The highest BCUT2D eigenvalue weighted by Crippen LogP contribution is 2.10. The van der Waals surface area contributed by atoms with E-state index in [2.05, 4.69) is 27.2 Å². The zero-order valence-electron chi connectivity index (χ0n) is 12.1. The van der Waals surface area contributed by atoms with Crippen LogP contribution in [0.1, 0.15) is 11.3 Å². The van der Waals surface area contributed by atoms with Crippen molar-refractivity contribution >= 4 is 11.8 Å². The van der Waals surface area contributed by atoms with Gasteiger partial charge in [0.1, 0.15) is 11.6 Å². The molecule has 2 aromatic rings. The molecule has 21 heavy (non-hydrogen) atoms. The Balaban J connectivity index is 1.91. The topological polar surface area (TPSA) is 49.8 Å². The molecule has 0 bridgehead atoms. The van der Waals surface area contributed by atoms with Crippen LogP contribution >= 0.6 is 0 Å². The monoisotopic (exact) mass is 286 g/mol. The fourth-order valence-electron chi connectivity index (χ4n) is 1.89. The Bertz CT molecular complexity index is 596. The first-order valence-corrected chi connectivity index (χ1v) is 6.86. The van der Waals surface area contributed by atoms with Crippen molar-refractivity contribution in [1.82, 2.24) is 9.97 Å². The molecule has 0 spiro atoms. The Hall–Kier alpha value is -2.43. The largest absolute Gasteiger partial charge is 0.370 e. The van der Waals surface area contributed by atoms with E-state index in [0.29, 0.717) is 12.5 Å². The van der Waals surface area contributed by atoms with Crippen LogP contribution in [0.25, 0.3) is 0 Å². The molecule has 1 aromatic heterocycles. The van der Waals surface area contributed by atoms with Crippen LogP contribution in [-0.4, -0.2) is 23.1 Å². The van der Waals surface area contributed by atoms with Crippen LogP contribution in [0.2, 0.25) is 0 Å². The number of hydrogen-bond donors (Lipinski definition) is 2. The lowest BCUT2D eigenvalue weighted by atomic mass is 10.1. The first-order chi connectivity index (χ1) is 10.2. The number of anilines is 2. The molecule has 0 aliphatic rings. The maximum Gasteiger partial charge on any atom is 0.225 e. The highest BCUT2D eigenvalue weighted by atomic mass is 19.1. The Kier molecular flexibility index (Phi) is 5.26. The Labute approximate surface area is 124 Å². The summed E-state index contributed by atoms with van der Waals surface area (Å²) in [6.45, 7) is 6.92. The van der Waals surface area contributed by atoms with E-state index in [1.54, 1.807) is 18.2 Å². The fourth-order valence-corrected chi connectivity index (χ4v) is 1.89. The average Bonchev–Trinajstić information content (AvgIpc) is 2.47. The van der Waals surface area contributed by atoms with Gasteiger partial charge >= 0.3 is 0 Å². The van der Waals surface area contributed by atoms with Gasteiger partial charge in [0.2, 0.25) is 5.95 Å². The van der Waals surface area contributed by atoms with Crippen molar-refractivity contribution in [3.8, 4) is 0 Å². The Morgan fingerprint density at radius 2 is 1.95 bits per heavy atom. The number of rotatable bonds is 7. The minimum atomic E-state index is -0.212. The van der Waals surface area contributed by atoms with E-state index in [0.717, 1.165) is 30.0 Å². The third kappa shape index (κ3) is 4.87. The smallest absolute Gasteiger partial charge is 0.225 e. The summed E-state index contributed by atoms with van der Waals surface area (Å²) < 4.78 is 12.8. The Morgan fingerprint density at radius 1 is 1.19 bits per heavy atom. The minimum Gasteiger partial charge on any atom is -0.370 e. The summed E-state index contributed by atoms with van der Waals surface area (Å²) in [7, 11) is 0. The van der Waals surface area contributed by atoms with Crippen molar-refractivity contribution in [2.45, 2.75) is 13.3 Å². The summed E-state index contributed by atoms with van der Waals surface area (Å²) in [5.74, 6) is 1.14. The molecule has 0 unspecified atom stereocenters. The first kappa shape index (κ1) is 15.0. The summed E-state index contributed by atoms with van der Waals surface area (Å²) >= 11 is 0. The van der Waals surface area contributed by atoms with Gasteiger partial charge in [0.15, 0.2) is 0 Å². The molecule has 0 fully saturated rings. The molecular formula is C16H19FN4. The number of aryl methyl sites for hydroxylation is 1. The van der Waals surface area contributed by atoms with Crippen molar-refractivity contribution in [1.29, 1.82) is 0 Å². The molecule has 1 aromatic carbocycles. The molecule has 2 rings (SSSR count). The summed E-state index contributed by atoms with van der Waals surface area (Å²) in [6, 6.07) is 8.42. The molecule has 5 heteroatoms. The predicted molar refractivity (Wildman–Crippen MR) is 84.0 cm³/mol. The second kappa shape index (κ2) is 7.38. The molecule has 0 amide bonds. The minimum absolute atomic E-state index is 0.212. The van der Waals surface area contributed by atoms with Crippen molar-refractivity contribution in [2.75, 3.05) is 23.7 Å². The highest BCUT2D eigenvalue weighted by molar-refractivity contribution is 5.42. The van der Waals surface area contributed by atoms with Crippen LogP contribution in [0.5, 0.6) is 0 Å². The average molecular weight is 286 g/mol. The molecule has 2 N–H and O–H groups in total. The van der Waals surface area contributed by atoms with Gasteiger partial charge in [-0.05, 0) is 31.0 Å². The lowest BCUT2D eigenvalue weighted by Gasteiger charge is -2.09. The van der Waals surface area contributed by atoms with E-state index in [4.69, 9.17) is 0 Å². The Morgan fingerprint density at radius 3 is 2.67 bits per heavy atom. The molecule has 0 aliphatic heterocycles. The van der Waals surface area contributed by atoms with Crippen LogP contribution in [0, 0.1) is 12.7 Å². The second-order valence-electron chi connectivity index (χ2n) is 4.69. The zero-order chi connectivity index (χ0) is 15.1. The quantitative estimate of drug-likeness (QED) is 0.768. The summed E-state index contributed by atoms with van der Waals surface area (Å²) in [6.07, 6.45) is 2.56. The molecule has 0 atom stereocenters. The third-order valence-electron chi connectivity index (χ3n) is 2.89. The number of nitrogens with zero attached hydrogens (tertiary/aromatic N) is 2. The normalized spacial score (nSPS) is 10.2. The van der Waals surface area contributed by atoms with Crippen molar-refractivity contribution in [3.63, 3.8) is 0 Å². The maximum atomic E-state index is 12.8. The van der Waals surface area contributed by atoms with E-state index >= 15 is 0 Å². The lowest BCUT2D eigenvalue weighted by Crippen LogP contribution is -2.10. The highest BCUT2D eigenvalue weighted by Gasteiger charge is 2.01. The fraction of sp³-hybridized carbons (Fsp3) is 0.250. The standard InChI is InChI=1S/C16H19FN4/c1-3-9-19-16-20-12(2)11-15(21-16)18-10-8-13-4-6-14(17)7-5-13/h3-7,11H,1,8-10H2,2H3,(H2,18,19,20,21). The molecule has 0 aliphatic carbocycles. The number of benzene rings is 1. The van der Waals surface area contributed by atoms with Gasteiger partial charge in [-0.2, -0.15) is 4.98 Å². The van der Waals surface area contributed by atoms with Crippen molar-refractivity contribution in [2.24, 2.45) is 0 Å². The summed E-state index contributed by atoms with van der Waals surface area (Å²) in [5, 5.41) is 6.32. The van der Waals surface area contributed by atoms with E-state index in [9.17, 15) is 4.39 Å². The van der Waals surface area contributed by atoms with Gasteiger partial charge in [-0.15, -0.1) is 6.58 Å². The van der Waals surface area contributed by atoms with Crippen LogP contribution in [0.15, 0.2) is 43.0 Å². The molecule has 4 nitrogen and oxygen atoms in total. The number of aromatic nitrogens is 2. The van der Waals surface area contributed by atoms with Gasteiger partial charge in [0.25, 0.3) is 0 Å². The third-order valence-corrected chi connectivity index (χ3v) is 2.89. The van der Waals surface area contributed by atoms with Gasteiger partial charge in [0.05, 0.1) is 0 Å². The summed E-state index contributed by atoms with van der Waals surface area (Å²) in [4.78, 5) is 8.67. The number of hydrogen-bond acceptors (Lipinski definition) is 4. The second-order valence-corrected chi connectivity index (χ2v) is 4.69. The van der Waals surface area contributed by atoms with Crippen molar-refractivity contribution < 1.29 is 4.39 Å². The number of halogens is 1.